The molecule has 1 aliphatic rings. The van der Waals surface area contributed by atoms with Crippen LogP contribution in [0.4, 0.5) is 57.1 Å². The summed E-state index contributed by atoms with van der Waals surface area (Å²) in [7, 11) is 0. The van der Waals surface area contributed by atoms with Crippen molar-refractivity contribution in [3.8, 4) is 0 Å². The van der Waals surface area contributed by atoms with E-state index < -0.39 is 79.5 Å². The Morgan fingerprint density at radius 1 is 0.844 bits per heavy atom. The molecule has 0 aromatic rings. The Kier molecular flexibility index (Phi) is 7.80. The van der Waals surface area contributed by atoms with Crippen molar-refractivity contribution in [3.05, 3.63) is 12.2 Å². The molecular weight excluding hydrogens is 495 g/mol. The lowest BCUT2D eigenvalue weighted by Crippen LogP contribution is -2.63. The summed E-state index contributed by atoms with van der Waals surface area (Å²) in [5.41, 5.74) is -2.62. The molecule has 1 saturated heterocycles. The molecule has 0 spiro atoms. The van der Waals surface area contributed by atoms with Gasteiger partial charge in [-0.15, -0.1) is 0 Å². The number of hydrogen-bond acceptors (Lipinski definition) is 5. The van der Waals surface area contributed by atoms with Gasteiger partial charge in [0.1, 0.15) is 17.8 Å². The van der Waals surface area contributed by atoms with E-state index in [0.717, 1.165) is 0 Å². The second kappa shape index (κ2) is 8.85. The zero-order chi connectivity index (χ0) is 25.5. The summed E-state index contributed by atoms with van der Waals surface area (Å²) in [6.45, 7) is -1.22. The minimum absolute atomic E-state index is 1.59. The summed E-state index contributed by atoms with van der Waals surface area (Å²) in [6.07, 6.45) is -34.1. The van der Waals surface area contributed by atoms with E-state index in [1.165, 1.54) is 0 Å². The van der Waals surface area contributed by atoms with E-state index in [2.05, 4.69) is 14.2 Å². The Morgan fingerprint density at radius 2 is 1.28 bits per heavy atom. The number of halogens is 13. The highest BCUT2D eigenvalue weighted by Gasteiger charge is 2.67. The molecule has 4 unspecified atom stereocenters. The Hall–Kier alpha value is -1.82. The molecular formula is C14H11F13O5. The number of ether oxygens (including phenoxy) is 3. The summed E-state index contributed by atoms with van der Waals surface area (Å²) < 4.78 is 181. The average Bonchev–Trinajstić information content (AvgIpc) is 2.62. The maximum atomic E-state index is 14.3. The maximum absolute atomic E-state index is 14.3. The van der Waals surface area contributed by atoms with Gasteiger partial charge in [-0.3, -0.25) is 0 Å². The lowest BCUT2D eigenvalue weighted by atomic mass is 10.0. The number of aliphatic hydroxyl groups is 1. The third kappa shape index (κ3) is 6.15. The number of carbonyl (C=O) groups excluding carboxylic acids is 1. The van der Waals surface area contributed by atoms with Gasteiger partial charge in [0.05, 0.1) is 13.2 Å². The van der Waals surface area contributed by atoms with Crippen molar-refractivity contribution in [3.63, 3.8) is 0 Å². The summed E-state index contributed by atoms with van der Waals surface area (Å²) in [4.78, 5) is 11.2. The van der Waals surface area contributed by atoms with Gasteiger partial charge < -0.3 is 19.3 Å². The Labute approximate surface area is 168 Å². The number of rotatable bonds is 6. The van der Waals surface area contributed by atoms with Crippen molar-refractivity contribution in [2.75, 3.05) is 13.2 Å². The molecule has 0 radical (unpaired) electrons. The van der Waals surface area contributed by atoms with Crippen molar-refractivity contribution < 1.29 is 81.2 Å². The largest absolute Gasteiger partial charge is 0.442 e. The summed E-state index contributed by atoms with van der Waals surface area (Å²) in [6, 6.07) is 0. The van der Waals surface area contributed by atoms with Gasteiger partial charge in [0.15, 0.2) is 0 Å². The van der Waals surface area contributed by atoms with Crippen LogP contribution in [0.3, 0.4) is 0 Å². The quantitative estimate of drug-likeness (QED) is 0.339. The molecule has 1 fully saturated rings. The second-order valence-electron chi connectivity index (χ2n) is 6.25. The monoisotopic (exact) mass is 506 g/mol. The van der Waals surface area contributed by atoms with Gasteiger partial charge in [0.2, 0.25) is 6.10 Å². The minimum Gasteiger partial charge on any atom is -0.442 e. The van der Waals surface area contributed by atoms with Gasteiger partial charge in [-0.1, -0.05) is 6.58 Å². The lowest BCUT2D eigenvalue weighted by molar-refractivity contribution is -0.349. The van der Waals surface area contributed by atoms with Crippen LogP contribution in [-0.2, 0) is 19.0 Å². The first-order chi connectivity index (χ1) is 14.0. The SMILES string of the molecule is C=C(C(=O)OC(C(F)(F)F)C(F)(F)C1COCC(C(F)(F)C(O)C(F)(F)F)O1)C(F)(F)F. The number of carbonyl (C=O) groups is 1. The molecule has 0 saturated carbocycles. The van der Waals surface area contributed by atoms with Gasteiger partial charge in [-0.05, 0) is 0 Å². The first kappa shape index (κ1) is 28.2. The molecule has 0 aromatic carbocycles. The van der Waals surface area contributed by atoms with Gasteiger partial charge in [-0.25, -0.2) is 13.6 Å². The van der Waals surface area contributed by atoms with Crippen LogP contribution >= 0.6 is 0 Å². The van der Waals surface area contributed by atoms with Crippen LogP contribution in [0, 0.1) is 0 Å². The molecule has 5 nitrogen and oxygen atoms in total. The molecule has 0 aromatic heterocycles. The predicted octanol–water partition coefficient (Wildman–Crippen LogP) is 3.56. The lowest BCUT2D eigenvalue weighted by Gasteiger charge is -2.41. The van der Waals surface area contributed by atoms with E-state index in [0.29, 0.717) is 0 Å². The van der Waals surface area contributed by atoms with E-state index in [9.17, 15) is 61.9 Å². The highest BCUT2D eigenvalue weighted by atomic mass is 19.4. The van der Waals surface area contributed by atoms with E-state index in [1.807, 2.05) is 6.58 Å². The Bertz CT molecular complexity index is 697. The molecule has 1 heterocycles. The molecule has 1 N–H and O–H groups in total. The third-order valence-electron chi connectivity index (χ3n) is 3.86. The van der Waals surface area contributed by atoms with E-state index in [-0.39, 0.29) is 0 Å². The third-order valence-corrected chi connectivity index (χ3v) is 3.86. The van der Waals surface area contributed by atoms with Crippen molar-refractivity contribution in [2.45, 2.75) is 54.8 Å². The fourth-order valence-electron chi connectivity index (χ4n) is 2.18. The summed E-state index contributed by atoms with van der Waals surface area (Å²) >= 11 is 0. The number of esters is 1. The molecule has 0 bridgehead atoms. The first-order valence-corrected chi connectivity index (χ1v) is 7.81. The van der Waals surface area contributed by atoms with Gasteiger partial charge >= 0.3 is 36.3 Å². The number of aliphatic hydroxyl groups excluding tert-OH is 1. The zero-order valence-corrected chi connectivity index (χ0v) is 14.9. The molecule has 1 rings (SSSR count). The zero-order valence-electron chi connectivity index (χ0n) is 14.9. The smallest absolute Gasteiger partial charge is 0.431 e. The number of alkyl halides is 13. The predicted molar refractivity (Wildman–Crippen MR) is 72.6 cm³/mol. The molecule has 18 heteroatoms. The van der Waals surface area contributed by atoms with Gasteiger partial charge in [0.25, 0.3) is 6.10 Å². The van der Waals surface area contributed by atoms with Gasteiger partial charge in [-0.2, -0.15) is 48.3 Å². The molecule has 32 heavy (non-hydrogen) atoms. The average molecular weight is 506 g/mol. The van der Waals surface area contributed by atoms with Crippen LogP contribution in [0.2, 0.25) is 0 Å². The van der Waals surface area contributed by atoms with Crippen molar-refractivity contribution in [1.29, 1.82) is 0 Å². The molecule has 0 amide bonds. The van der Waals surface area contributed by atoms with Crippen molar-refractivity contribution in [1.82, 2.24) is 0 Å². The summed E-state index contributed by atoms with van der Waals surface area (Å²) in [5.74, 6) is -14.0. The summed E-state index contributed by atoms with van der Waals surface area (Å²) in [5, 5.41) is 8.69. The van der Waals surface area contributed by atoms with Crippen molar-refractivity contribution in [2.24, 2.45) is 0 Å². The second-order valence-corrected chi connectivity index (χ2v) is 6.25. The topological polar surface area (TPSA) is 65.0 Å². The minimum atomic E-state index is -6.31. The molecule has 4 atom stereocenters. The normalized spacial score (nSPS) is 23.4. The fourth-order valence-corrected chi connectivity index (χ4v) is 2.18. The van der Waals surface area contributed by atoms with Gasteiger partial charge in [0, 0.05) is 0 Å². The van der Waals surface area contributed by atoms with Crippen LogP contribution in [0.25, 0.3) is 0 Å². The highest BCUT2D eigenvalue weighted by Crippen LogP contribution is 2.43. The molecule has 0 aliphatic carbocycles. The van der Waals surface area contributed by atoms with E-state index in [1.54, 1.807) is 0 Å². The van der Waals surface area contributed by atoms with E-state index in [4.69, 9.17) is 5.11 Å². The Morgan fingerprint density at radius 3 is 1.66 bits per heavy atom. The Balaban J connectivity index is 3.20. The van der Waals surface area contributed by atoms with E-state index >= 15 is 0 Å². The fraction of sp³-hybridized carbons (Fsp3) is 0.786. The maximum Gasteiger partial charge on any atom is 0.431 e. The highest BCUT2D eigenvalue weighted by molar-refractivity contribution is 5.89. The standard InChI is InChI=1S/C14H11F13O5/c1-4(12(19,20)21)7(28)32-9(14(25,26)27)11(17,18)6-3-30-2-5(31-6)10(15,16)8(29)13(22,23)24/h5-6,8-9,29H,1-3H2. The van der Waals surface area contributed by atoms with Crippen LogP contribution in [0.15, 0.2) is 12.2 Å². The van der Waals surface area contributed by atoms with Crippen LogP contribution in [0.5, 0.6) is 0 Å². The van der Waals surface area contributed by atoms with Crippen LogP contribution < -0.4 is 0 Å². The van der Waals surface area contributed by atoms with Crippen LogP contribution in [0.1, 0.15) is 0 Å². The molecule has 1 aliphatic heterocycles. The molecule has 188 valence electrons. The van der Waals surface area contributed by atoms with Crippen LogP contribution in [-0.4, -0.2) is 79.1 Å². The first-order valence-electron chi connectivity index (χ1n) is 7.81. The van der Waals surface area contributed by atoms with Crippen molar-refractivity contribution >= 4 is 5.97 Å². The number of hydrogen-bond donors (Lipinski definition) is 1.